The van der Waals surface area contributed by atoms with Crippen LogP contribution >= 0.6 is 0 Å². The van der Waals surface area contributed by atoms with Gasteiger partial charge in [-0.05, 0) is 44.0 Å². The first kappa shape index (κ1) is 15.3. The highest BCUT2D eigenvalue weighted by atomic mass is 16.5. The first-order valence-electron chi connectivity index (χ1n) is 7.79. The Labute approximate surface area is 135 Å². The fraction of sp³-hybridized carbons (Fsp3) is 0.263. The van der Waals surface area contributed by atoms with E-state index in [1.54, 1.807) is 6.92 Å². The van der Waals surface area contributed by atoms with Gasteiger partial charge in [0.2, 0.25) is 0 Å². The van der Waals surface area contributed by atoms with Crippen molar-refractivity contribution in [2.24, 2.45) is 0 Å². The molecule has 23 heavy (non-hydrogen) atoms. The minimum absolute atomic E-state index is 0.343. The summed E-state index contributed by atoms with van der Waals surface area (Å²) in [6.07, 6.45) is 2.58. The number of carbonyl (C=O) groups is 1. The van der Waals surface area contributed by atoms with E-state index in [0.29, 0.717) is 18.7 Å². The van der Waals surface area contributed by atoms with Gasteiger partial charge < -0.3 is 9.14 Å². The molecule has 4 nitrogen and oxygen atoms in total. The normalized spacial score (nSPS) is 10.9. The average molecular weight is 308 g/mol. The zero-order chi connectivity index (χ0) is 16.4. The van der Waals surface area contributed by atoms with Crippen LogP contribution in [-0.2, 0) is 11.2 Å². The average Bonchev–Trinajstić information content (AvgIpc) is 2.90. The summed E-state index contributed by atoms with van der Waals surface area (Å²) >= 11 is 0. The number of rotatable bonds is 4. The van der Waals surface area contributed by atoms with Gasteiger partial charge in [0.25, 0.3) is 0 Å². The number of aryl methyl sites for hydroxylation is 2. The SMILES string of the molecule is CCOC(=O)c1nc2ccccn2c1Cc1cc(C)ccc1C. The number of aromatic nitrogens is 2. The molecule has 3 aromatic rings. The number of carbonyl (C=O) groups excluding carboxylic acids is 1. The van der Waals surface area contributed by atoms with E-state index >= 15 is 0 Å². The third-order valence-electron chi connectivity index (χ3n) is 3.96. The molecule has 0 aliphatic rings. The smallest absolute Gasteiger partial charge is 0.358 e. The monoisotopic (exact) mass is 308 g/mol. The van der Waals surface area contributed by atoms with Crippen LogP contribution < -0.4 is 0 Å². The highest BCUT2D eigenvalue weighted by molar-refractivity contribution is 5.89. The van der Waals surface area contributed by atoms with Gasteiger partial charge in [0, 0.05) is 12.6 Å². The number of pyridine rings is 1. The molecule has 3 rings (SSSR count). The molecular weight excluding hydrogens is 288 g/mol. The van der Waals surface area contributed by atoms with Crippen molar-refractivity contribution in [2.75, 3.05) is 6.61 Å². The van der Waals surface area contributed by atoms with Crippen LogP contribution in [0.3, 0.4) is 0 Å². The van der Waals surface area contributed by atoms with Gasteiger partial charge in [0.15, 0.2) is 5.69 Å². The summed E-state index contributed by atoms with van der Waals surface area (Å²) in [6.45, 7) is 6.30. The first-order chi connectivity index (χ1) is 11.1. The molecule has 0 fully saturated rings. The van der Waals surface area contributed by atoms with Gasteiger partial charge in [-0.15, -0.1) is 0 Å². The summed E-state index contributed by atoms with van der Waals surface area (Å²) in [5.74, 6) is -0.364. The molecule has 0 aliphatic carbocycles. The van der Waals surface area contributed by atoms with Crippen LogP contribution in [0.1, 0.15) is 39.8 Å². The van der Waals surface area contributed by atoms with Crippen molar-refractivity contribution < 1.29 is 9.53 Å². The maximum absolute atomic E-state index is 12.3. The standard InChI is InChI=1S/C19H20N2O2/c1-4-23-19(22)18-16(21-10-6-5-7-17(21)20-18)12-15-11-13(2)8-9-14(15)3/h5-11H,4,12H2,1-3H3. The first-order valence-corrected chi connectivity index (χ1v) is 7.79. The van der Waals surface area contributed by atoms with Crippen molar-refractivity contribution in [1.29, 1.82) is 0 Å². The molecule has 118 valence electrons. The number of fused-ring (bicyclic) bond motifs is 1. The molecule has 4 heteroatoms. The second kappa shape index (κ2) is 6.24. The van der Waals surface area contributed by atoms with Crippen molar-refractivity contribution in [3.63, 3.8) is 0 Å². The molecule has 0 unspecified atom stereocenters. The Morgan fingerprint density at radius 3 is 2.83 bits per heavy atom. The lowest BCUT2D eigenvalue weighted by molar-refractivity contribution is 0.0519. The van der Waals surface area contributed by atoms with Crippen molar-refractivity contribution in [3.8, 4) is 0 Å². The maximum Gasteiger partial charge on any atom is 0.358 e. The lowest BCUT2D eigenvalue weighted by atomic mass is 10.0. The number of esters is 1. The lowest BCUT2D eigenvalue weighted by Gasteiger charge is -2.09. The molecule has 2 aromatic heterocycles. The number of benzene rings is 1. The van der Waals surface area contributed by atoms with Crippen molar-refractivity contribution in [3.05, 3.63) is 70.7 Å². The van der Waals surface area contributed by atoms with Crippen LogP contribution in [0.25, 0.3) is 5.65 Å². The van der Waals surface area contributed by atoms with E-state index in [0.717, 1.165) is 11.3 Å². The van der Waals surface area contributed by atoms with Gasteiger partial charge in [-0.25, -0.2) is 9.78 Å². The van der Waals surface area contributed by atoms with Crippen LogP contribution in [-0.4, -0.2) is 22.0 Å². The Kier molecular flexibility index (Phi) is 4.15. The third-order valence-corrected chi connectivity index (χ3v) is 3.96. The molecule has 0 saturated heterocycles. The topological polar surface area (TPSA) is 43.6 Å². The number of nitrogens with zero attached hydrogens (tertiary/aromatic N) is 2. The van der Waals surface area contributed by atoms with Crippen LogP contribution in [0.5, 0.6) is 0 Å². The van der Waals surface area contributed by atoms with E-state index in [4.69, 9.17) is 4.74 Å². The van der Waals surface area contributed by atoms with Crippen LogP contribution in [0.2, 0.25) is 0 Å². The van der Waals surface area contributed by atoms with Crippen LogP contribution in [0, 0.1) is 13.8 Å². The summed E-state index contributed by atoms with van der Waals surface area (Å²) in [6, 6.07) is 12.1. The third kappa shape index (κ3) is 2.97. The zero-order valence-corrected chi connectivity index (χ0v) is 13.7. The van der Waals surface area contributed by atoms with Crippen molar-refractivity contribution in [2.45, 2.75) is 27.2 Å². The molecule has 1 aromatic carbocycles. The van der Waals surface area contributed by atoms with E-state index in [9.17, 15) is 4.79 Å². The minimum atomic E-state index is -0.364. The Morgan fingerprint density at radius 1 is 1.22 bits per heavy atom. The minimum Gasteiger partial charge on any atom is -0.461 e. The van der Waals surface area contributed by atoms with Crippen molar-refractivity contribution >= 4 is 11.6 Å². The van der Waals surface area contributed by atoms with E-state index < -0.39 is 0 Å². The van der Waals surface area contributed by atoms with E-state index in [-0.39, 0.29) is 5.97 Å². The Bertz CT molecular complexity index is 865. The second-order valence-corrected chi connectivity index (χ2v) is 5.66. The molecule has 0 amide bonds. The molecular formula is C19H20N2O2. The van der Waals surface area contributed by atoms with E-state index in [2.05, 4.69) is 37.0 Å². The van der Waals surface area contributed by atoms with Gasteiger partial charge in [-0.2, -0.15) is 0 Å². The van der Waals surface area contributed by atoms with Gasteiger partial charge in [0.1, 0.15) is 5.65 Å². The van der Waals surface area contributed by atoms with E-state index in [1.807, 2.05) is 28.8 Å². The Hall–Kier alpha value is -2.62. The Balaban J connectivity index is 2.12. The summed E-state index contributed by atoms with van der Waals surface area (Å²) in [4.78, 5) is 16.7. The summed E-state index contributed by atoms with van der Waals surface area (Å²) in [5, 5.41) is 0. The quantitative estimate of drug-likeness (QED) is 0.690. The van der Waals surface area contributed by atoms with Gasteiger partial charge >= 0.3 is 5.97 Å². The lowest BCUT2D eigenvalue weighted by Crippen LogP contribution is -2.09. The molecule has 2 heterocycles. The molecule has 0 N–H and O–H groups in total. The number of ether oxygens (including phenoxy) is 1. The second-order valence-electron chi connectivity index (χ2n) is 5.66. The highest BCUT2D eigenvalue weighted by Crippen LogP contribution is 2.21. The predicted molar refractivity (Wildman–Crippen MR) is 89.9 cm³/mol. The fourth-order valence-corrected chi connectivity index (χ4v) is 2.75. The fourth-order valence-electron chi connectivity index (χ4n) is 2.75. The number of hydrogen-bond donors (Lipinski definition) is 0. The van der Waals surface area contributed by atoms with Gasteiger partial charge in [0.05, 0.1) is 12.3 Å². The summed E-state index contributed by atoms with van der Waals surface area (Å²) in [7, 11) is 0. The molecule has 0 atom stereocenters. The zero-order valence-electron chi connectivity index (χ0n) is 13.7. The van der Waals surface area contributed by atoms with Crippen LogP contribution in [0.15, 0.2) is 42.6 Å². The molecule has 0 aliphatic heterocycles. The van der Waals surface area contributed by atoms with Gasteiger partial charge in [-0.1, -0.05) is 29.8 Å². The summed E-state index contributed by atoms with van der Waals surface area (Å²) < 4.78 is 7.14. The molecule has 0 radical (unpaired) electrons. The Morgan fingerprint density at radius 2 is 2.04 bits per heavy atom. The van der Waals surface area contributed by atoms with Gasteiger partial charge in [-0.3, -0.25) is 0 Å². The van der Waals surface area contributed by atoms with Crippen LogP contribution in [0.4, 0.5) is 0 Å². The molecule has 0 bridgehead atoms. The number of imidazole rings is 1. The maximum atomic E-state index is 12.3. The molecule has 0 saturated carbocycles. The number of hydrogen-bond acceptors (Lipinski definition) is 3. The molecule has 0 spiro atoms. The van der Waals surface area contributed by atoms with E-state index in [1.165, 1.54) is 16.7 Å². The predicted octanol–water partition coefficient (Wildman–Crippen LogP) is 3.72. The highest BCUT2D eigenvalue weighted by Gasteiger charge is 2.20. The largest absolute Gasteiger partial charge is 0.461 e. The summed E-state index contributed by atoms with van der Waals surface area (Å²) in [5.41, 5.74) is 5.64. The van der Waals surface area contributed by atoms with Crippen molar-refractivity contribution in [1.82, 2.24) is 9.38 Å².